The summed E-state index contributed by atoms with van der Waals surface area (Å²) in [5.41, 5.74) is 0. The average molecular weight is 439 g/mol. The average Bonchev–Trinajstić information content (AvgIpc) is 3.02. The van der Waals surface area contributed by atoms with E-state index >= 15 is 0 Å². The minimum atomic E-state index is -0.384. The highest BCUT2D eigenvalue weighted by atomic mass is 16.5. The maximum atomic E-state index is 12.3. The van der Waals surface area contributed by atoms with E-state index in [4.69, 9.17) is 9.47 Å². The quantitative estimate of drug-likeness (QED) is 0.177. The van der Waals surface area contributed by atoms with Crippen LogP contribution in [0.15, 0.2) is 12.2 Å². The predicted molar refractivity (Wildman–Crippen MR) is 125 cm³/mol. The topological polar surface area (TPSA) is 72.8 Å². The third kappa shape index (κ3) is 11.8. The smallest absolute Gasteiger partial charge is 0.306 e. The van der Waals surface area contributed by atoms with Crippen molar-refractivity contribution in [1.82, 2.24) is 0 Å². The zero-order valence-electron chi connectivity index (χ0n) is 20.3. The van der Waals surface area contributed by atoms with Crippen molar-refractivity contribution in [1.29, 1.82) is 0 Å². The number of hydrogen-bond donors (Lipinski definition) is 1. The van der Waals surface area contributed by atoms with E-state index < -0.39 is 0 Å². The molecule has 5 nitrogen and oxygen atoms in total. The van der Waals surface area contributed by atoms with Crippen LogP contribution in [0.1, 0.15) is 104 Å². The first-order chi connectivity index (χ1) is 14.9. The molecule has 0 radical (unpaired) electrons. The zero-order valence-corrected chi connectivity index (χ0v) is 20.3. The molecular weight excluding hydrogens is 392 g/mol. The minimum absolute atomic E-state index is 0.0246. The summed E-state index contributed by atoms with van der Waals surface area (Å²) in [6.07, 6.45) is 15.1. The number of aliphatic hydroxyl groups excluding tert-OH is 1. The molecule has 4 atom stereocenters. The number of hydrogen-bond acceptors (Lipinski definition) is 5. The van der Waals surface area contributed by atoms with Crippen molar-refractivity contribution in [3.05, 3.63) is 12.2 Å². The fourth-order valence-electron chi connectivity index (χ4n) is 4.59. The molecule has 4 unspecified atom stereocenters. The van der Waals surface area contributed by atoms with Gasteiger partial charge in [0.15, 0.2) is 0 Å². The van der Waals surface area contributed by atoms with Gasteiger partial charge < -0.3 is 14.6 Å². The Bertz CT molecular complexity index is 528. The van der Waals surface area contributed by atoms with E-state index in [0.717, 1.165) is 38.5 Å². The van der Waals surface area contributed by atoms with E-state index in [1.807, 2.05) is 13.8 Å². The van der Waals surface area contributed by atoms with Crippen LogP contribution in [0.5, 0.6) is 0 Å². The lowest BCUT2D eigenvalue weighted by molar-refractivity contribution is -0.147. The van der Waals surface area contributed by atoms with Gasteiger partial charge in [0.25, 0.3) is 0 Å². The summed E-state index contributed by atoms with van der Waals surface area (Å²) in [5.74, 6) is 0.544. The van der Waals surface area contributed by atoms with Gasteiger partial charge in [0.1, 0.15) is 5.78 Å². The zero-order chi connectivity index (χ0) is 23.1. The van der Waals surface area contributed by atoms with Gasteiger partial charge >= 0.3 is 5.97 Å². The van der Waals surface area contributed by atoms with Gasteiger partial charge in [0.2, 0.25) is 0 Å². The van der Waals surface area contributed by atoms with Gasteiger partial charge in [0.05, 0.1) is 18.3 Å². The second-order valence-electron chi connectivity index (χ2n) is 9.28. The number of rotatable bonds is 17. The van der Waals surface area contributed by atoms with E-state index in [1.54, 1.807) is 7.11 Å². The molecule has 180 valence electrons. The molecule has 0 saturated heterocycles. The second-order valence-corrected chi connectivity index (χ2v) is 9.28. The summed E-state index contributed by atoms with van der Waals surface area (Å²) >= 11 is 0. The summed E-state index contributed by atoms with van der Waals surface area (Å²) in [7, 11) is 1.70. The van der Waals surface area contributed by atoms with Crippen molar-refractivity contribution in [3.63, 3.8) is 0 Å². The van der Waals surface area contributed by atoms with Crippen LogP contribution in [-0.4, -0.2) is 42.3 Å². The number of unbranched alkanes of at least 4 members (excludes halogenated alkanes) is 5. The number of ketones is 1. The molecule has 1 aliphatic rings. The molecular formula is C26H46O5. The lowest BCUT2D eigenvalue weighted by Crippen LogP contribution is -2.23. The van der Waals surface area contributed by atoms with Gasteiger partial charge in [-0.1, -0.05) is 44.8 Å². The normalized spacial score (nSPS) is 23.7. The molecule has 0 spiro atoms. The number of carbonyl (C=O) groups excluding carboxylic acids is 2. The first-order valence-corrected chi connectivity index (χ1v) is 12.5. The molecule has 5 heteroatoms. The van der Waals surface area contributed by atoms with E-state index in [0.29, 0.717) is 31.5 Å². The molecule has 0 aromatic heterocycles. The van der Waals surface area contributed by atoms with Crippen LogP contribution >= 0.6 is 0 Å². The number of aliphatic hydroxyl groups is 1. The molecule has 0 amide bonds. The molecule has 0 bridgehead atoms. The first kappa shape index (κ1) is 27.8. The summed E-state index contributed by atoms with van der Waals surface area (Å²) in [6, 6.07) is 0. The van der Waals surface area contributed by atoms with Crippen molar-refractivity contribution in [2.24, 2.45) is 11.8 Å². The Kier molecular flexibility index (Phi) is 14.8. The lowest BCUT2D eigenvalue weighted by Gasteiger charge is -2.24. The van der Waals surface area contributed by atoms with Crippen molar-refractivity contribution in [2.75, 3.05) is 7.11 Å². The van der Waals surface area contributed by atoms with Gasteiger partial charge in [-0.15, -0.1) is 0 Å². The Labute approximate surface area is 190 Å². The first-order valence-electron chi connectivity index (χ1n) is 12.5. The highest BCUT2D eigenvalue weighted by Crippen LogP contribution is 2.39. The summed E-state index contributed by atoms with van der Waals surface area (Å²) in [5, 5.41) is 10.5. The summed E-state index contributed by atoms with van der Waals surface area (Å²) in [6.45, 7) is 5.91. The van der Waals surface area contributed by atoms with E-state index in [1.165, 1.54) is 19.3 Å². The molecule has 1 saturated carbocycles. The Morgan fingerprint density at radius 3 is 2.42 bits per heavy atom. The van der Waals surface area contributed by atoms with Gasteiger partial charge in [0, 0.05) is 32.8 Å². The van der Waals surface area contributed by atoms with Gasteiger partial charge in [-0.2, -0.15) is 0 Å². The van der Waals surface area contributed by atoms with Crippen molar-refractivity contribution in [2.45, 2.75) is 123 Å². The minimum Gasteiger partial charge on any atom is -0.463 e. The fraction of sp³-hybridized carbons (Fsp3) is 0.846. The number of carbonyl (C=O) groups is 2. The van der Waals surface area contributed by atoms with Crippen LogP contribution in [0, 0.1) is 11.8 Å². The molecule has 1 rings (SSSR count). The predicted octanol–water partition coefficient (Wildman–Crippen LogP) is 5.78. The summed E-state index contributed by atoms with van der Waals surface area (Å²) < 4.78 is 10.8. The fourth-order valence-corrected chi connectivity index (χ4v) is 4.59. The molecule has 0 aliphatic heterocycles. The number of allylic oxidation sites excluding steroid dienone is 2. The third-order valence-corrected chi connectivity index (χ3v) is 6.31. The molecule has 0 aromatic carbocycles. The number of methoxy groups -OCH3 is 1. The van der Waals surface area contributed by atoms with Crippen LogP contribution in [0.4, 0.5) is 0 Å². The molecule has 1 fully saturated rings. The maximum absolute atomic E-state index is 12.3. The highest BCUT2D eigenvalue weighted by Gasteiger charge is 2.41. The largest absolute Gasteiger partial charge is 0.463 e. The van der Waals surface area contributed by atoms with Crippen LogP contribution in [-0.2, 0) is 19.1 Å². The Morgan fingerprint density at radius 2 is 1.74 bits per heavy atom. The Morgan fingerprint density at radius 1 is 1.00 bits per heavy atom. The highest BCUT2D eigenvalue weighted by molar-refractivity contribution is 5.78. The van der Waals surface area contributed by atoms with Crippen LogP contribution in [0.25, 0.3) is 0 Å². The number of ether oxygens (including phenoxy) is 2. The van der Waals surface area contributed by atoms with Crippen molar-refractivity contribution >= 4 is 11.8 Å². The monoisotopic (exact) mass is 438 g/mol. The van der Waals surface area contributed by atoms with Crippen LogP contribution in [0.3, 0.4) is 0 Å². The molecule has 1 aliphatic carbocycles. The van der Waals surface area contributed by atoms with Crippen LogP contribution in [0.2, 0.25) is 0 Å². The van der Waals surface area contributed by atoms with E-state index in [9.17, 15) is 14.7 Å². The van der Waals surface area contributed by atoms with Crippen molar-refractivity contribution in [3.8, 4) is 0 Å². The maximum Gasteiger partial charge on any atom is 0.306 e. The Balaban J connectivity index is 2.38. The standard InChI is InChI=1S/C26H46O5/c1-5-6-7-8-11-14-21(27)17-18-23-22(24(28)19-25(23)30-4)15-12-9-10-13-16-26(29)31-20(2)3/h9,12,20,22-25,28H,5-8,10-11,13-19H2,1-4H3. The van der Waals surface area contributed by atoms with Crippen molar-refractivity contribution < 1.29 is 24.2 Å². The molecule has 0 aromatic rings. The number of Topliss-reactive ketones (excluding diaryl/α,β-unsaturated/α-hetero) is 1. The Hall–Kier alpha value is -1.20. The van der Waals surface area contributed by atoms with Gasteiger partial charge in [-0.05, 0) is 57.8 Å². The molecule has 1 N–H and O–H groups in total. The van der Waals surface area contributed by atoms with E-state index in [2.05, 4.69) is 19.1 Å². The number of esters is 1. The van der Waals surface area contributed by atoms with Gasteiger partial charge in [-0.3, -0.25) is 9.59 Å². The molecule has 31 heavy (non-hydrogen) atoms. The van der Waals surface area contributed by atoms with Gasteiger partial charge in [-0.25, -0.2) is 0 Å². The van der Waals surface area contributed by atoms with E-state index in [-0.39, 0.29) is 36.1 Å². The summed E-state index contributed by atoms with van der Waals surface area (Å²) in [4.78, 5) is 23.9. The SMILES string of the molecule is CCCCCCCC(=O)CCC1C(OC)CC(O)C1CC=CCCCC(=O)OC(C)C. The lowest BCUT2D eigenvalue weighted by atomic mass is 9.86. The molecule has 0 heterocycles. The van der Waals surface area contributed by atoms with Crippen LogP contribution < -0.4 is 0 Å². The second kappa shape index (κ2) is 16.4. The third-order valence-electron chi connectivity index (χ3n) is 6.31.